The summed E-state index contributed by atoms with van der Waals surface area (Å²) in [5.74, 6) is 0. The number of carbonyl (C=O) groups excluding carboxylic acids is 1. The lowest BCUT2D eigenvalue weighted by Crippen LogP contribution is -2.07. The maximum Gasteiger partial charge on any atom is 0.142 e. The second-order valence-electron chi connectivity index (χ2n) is 3.37. The Kier molecular flexibility index (Phi) is 4.35. The first-order chi connectivity index (χ1) is 7.24. The van der Waals surface area contributed by atoms with Crippen LogP contribution in [0.5, 0.6) is 0 Å². The van der Waals surface area contributed by atoms with Crippen molar-refractivity contribution in [3.05, 3.63) is 48.1 Å². The first-order valence-corrected chi connectivity index (χ1v) is 4.80. The van der Waals surface area contributed by atoms with E-state index in [0.29, 0.717) is 0 Å². The highest BCUT2D eigenvalue weighted by molar-refractivity contribution is 5.66. The van der Waals surface area contributed by atoms with Crippen LogP contribution in [-0.2, 0) is 4.79 Å². The molecule has 15 heavy (non-hydrogen) atoms. The molecule has 0 aliphatic heterocycles. The summed E-state index contributed by atoms with van der Waals surface area (Å²) in [6.07, 6.45) is 7.75. The zero-order chi connectivity index (χ0) is 11.1. The molecular weight excluding hydrogens is 186 g/mol. The van der Waals surface area contributed by atoms with Crippen LogP contribution in [0.2, 0.25) is 0 Å². The number of hydrogen-bond donors (Lipinski definition) is 0. The largest absolute Gasteiger partial charge is 0.378 e. The van der Waals surface area contributed by atoms with Gasteiger partial charge in [0.05, 0.1) is 0 Å². The Morgan fingerprint density at radius 3 is 2.20 bits per heavy atom. The van der Waals surface area contributed by atoms with Gasteiger partial charge in [-0.2, -0.15) is 0 Å². The van der Waals surface area contributed by atoms with Crippen LogP contribution in [0.15, 0.2) is 42.5 Å². The highest BCUT2D eigenvalue weighted by Crippen LogP contribution is 2.12. The highest BCUT2D eigenvalue weighted by atomic mass is 16.1. The van der Waals surface area contributed by atoms with Crippen LogP contribution >= 0.6 is 0 Å². The molecule has 2 nitrogen and oxygen atoms in total. The molecule has 1 rings (SSSR count). The van der Waals surface area contributed by atoms with Gasteiger partial charge in [0.2, 0.25) is 0 Å². The van der Waals surface area contributed by atoms with E-state index in [1.54, 1.807) is 6.08 Å². The van der Waals surface area contributed by atoms with Crippen molar-refractivity contribution in [3.63, 3.8) is 0 Å². The molecule has 0 N–H and O–H groups in total. The molecule has 0 aromatic heterocycles. The topological polar surface area (TPSA) is 20.3 Å². The predicted octanol–water partition coefficient (Wildman–Crippen LogP) is 2.52. The van der Waals surface area contributed by atoms with E-state index in [1.165, 1.54) is 11.8 Å². The minimum absolute atomic E-state index is 0.763. The van der Waals surface area contributed by atoms with Crippen molar-refractivity contribution in [2.75, 3.05) is 19.0 Å². The molecule has 0 amide bonds. The van der Waals surface area contributed by atoms with Gasteiger partial charge in [-0.1, -0.05) is 30.4 Å². The van der Waals surface area contributed by atoms with Crippen LogP contribution in [0.4, 0.5) is 5.69 Å². The van der Waals surface area contributed by atoms with Crippen LogP contribution in [-0.4, -0.2) is 20.4 Å². The van der Waals surface area contributed by atoms with E-state index in [0.717, 1.165) is 11.8 Å². The maximum atomic E-state index is 10.0. The number of benzene rings is 1. The Hall–Kier alpha value is -1.83. The number of aldehydes is 1. The first-order valence-electron chi connectivity index (χ1n) is 4.80. The van der Waals surface area contributed by atoms with Crippen LogP contribution in [0, 0.1) is 0 Å². The second kappa shape index (κ2) is 5.81. The van der Waals surface area contributed by atoms with Gasteiger partial charge < -0.3 is 4.90 Å². The number of carbonyl (C=O) groups is 1. The zero-order valence-corrected chi connectivity index (χ0v) is 9.05. The van der Waals surface area contributed by atoms with Gasteiger partial charge in [0.1, 0.15) is 6.29 Å². The highest BCUT2D eigenvalue weighted by Gasteiger charge is 1.92. The molecular formula is C13H15NO. The Labute approximate surface area is 90.5 Å². The van der Waals surface area contributed by atoms with Crippen LogP contribution in [0.1, 0.15) is 5.56 Å². The van der Waals surface area contributed by atoms with E-state index in [2.05, 4.69) is 17.0 Å². The molecule has 0 bridgehead atoms. The summed E-state index contributed by atoms with van der Waals surface area (Å²) in [7, 11) is 4.02. The summed E-state index contributed by atoms with van der Waals surface area (Å²) in [6.45, 7) is 0. The number of hydrogen-bond acceptors (Lipinski definition) is 2. The van der Waals surface area contributed by atoms with Crippen LogP contribution in [0.25, 0.3) is 6.08 Å². The zero-order valence-electron chi connectivity index (χ0n) is 9.05. The Bertz CT molecular complexity index is 361. The third-order valence-electron chi connectivity index (χ3n) is 2.00. The second-order valence-corrected chi connectivity index (χ2v) is 3.37. The molecule has 1 aromatic carbocycles. The lowest BCUT2D eigenvalue weighted by Gasteiger charge is -2.11. The number of rotatable bonds is 4. The van der Waals surface area contributed by atoms with Gasteiger partial charge in [-0.3, -0.25) is 4.79 Å². The molecule has 0 heterocycles. The maximum absolute atomic E-state index is 10.0. The molecule has 0 saturated carbocycles. The van der Waals surface area contributed by atoms with Crippen LogP contribution < -0.4 is 4.90 Å². The number of nitrogens with zero attached hydrogens (tertiary/aromatic N) is 1. The molecule has 0 saturated heterocycles. The molecule has 0 aliphatic rings. The molecule has 0 spiro atoms. The van der Waals surface area contributed by atoms with Gasteiger partial charge >= 0.3 is 0 Å². The average molecular weight is 201 g/mol. The minimum Gasteiger partial charge on any atom is -0.378 e. The third kappa shape index (κ3) is 3.81. The monoisotopic (exact) mass is 201 g/mol. The summed E-state index contributed by atoms with van der Waals surface area (Å²) in [5.41, 5.74) is 2.30. The van der Waals surface area contributed by atoms with E-state index in [-0.39, 0.29) is 0 Å². The lowest BCUT2D eigenvalue weighted by molar-refractivity contribution is -0.104. The average Bonchev–Trinajstić information content (AvgIpc) is 2.25. The van der Waals surface area contributed by atoms with E-state index < -0.39 is 0 Å². The SMILES string of the molecule is CN(C)c1ccc(C=CC=CC=O)cc1. The van der Waals surface area contributed by atoms with Crippen molar-refractivity contribution in [2.45, 2.75) is 0 Å². The first kappa shape index (κ1) is 11.2. The normalized spacial score (nSPS) is 11.1. The van der Waals surface area contributed by atoms with Gasteiger partial charge in [0.25, 0.3) is 0 Å². The number of anilines is 1. The fourth-order valence-corrected chi connectivity index (χ4v) is 1.16. The van der Waals surface area contributed by atoms with Gasteiger partial charge in [0, 0.05) is 19.8 Å². The van der Waals surface area contributed by atoms with Gasteiger partial charge in [-0.15, -0.1) is 0 Å². The minimum atomic E-state index is 0.763. The summed E-state index contributed by atoms with van der Waals surface area (Å²) < 4.78 is 0. The van der Waals surface area contributed by atoms with E-state index in [9.17, 15) is 4.79 Å². The van der Waals surface area contributed by atoms with Crippen molar-refractivity contribution in [3.8, 4) is 0 Å². The smallest absolute Gasteiger partial charge is 0.142 e. The van der Waals surface area contributed by atoms with Crippen molar-refractivity contribution < 1.29 is 4.79 Å². The molecule has 78 valence electrons. The number of allylic oxidation sites excluding steroid dienone is 3. The molecule has 0 unspecified atom stereocenters. The van der Waals surface area contributed by atoms with Crippen molar-refractivity contribution in [1.82, 2.24) is 0 Å². The standard InChI is InChI=1S/C13H15NO/c1-14(2)13-9-7-12(8-10-13)6-4-3-5-11-15/h3-11H,1-2H3. The fraction of sp³-hybridized carbons (Fsp3) is 0.154. The Morgan fingerprint density at radius 1 is 1.00 bits per heavy atom. The Morgan fingerprint density at radius 2 is 1.67 bits per heavy atom. The van der Waals surface area contributed by atoms with E-state index >= 15 is 0 Å². The van der Waals surface area contributed by atoms with E-state index in [4.69, 9.17) is 0 Å². The predicted molar refractivity (Wildman–Crippen MR) is 65.0 cm³/mol. The summed E-state index contributed by atoms with van der Waals surface area (Å²) >= 11 is 0. The summed E-state index contributed by atoms with van der Waals surface area (Å²) in [5, 5.41) is 0. The third-order valence-corrected chi connectivity index (χ3v) is 2.00. The molecule has 1 aromatic rings. The van der Waals surface area contributed by atoms with Crippen molar-refractivity contribution in [2.24, 2.45) is 0 Å². The lowest BCUT2D eigenvalue weighted by atomic mass is 10.2. The van der Waals surface area contributed by atoms with Crippen LogP contribution in [0.3, 0.4) is 0 Å². The molecule has 0 aliphatic carbocycles. The quantitative estimate of drug-likeness (QED) is 0.424. The molecule has 0 atom stereocenters. The molecule has 0 radical (unpaired) electrons. The summed E-state index contributed by atoms with van der Waals surface area (Å²) in [4.78, 5) is 12.1. The van der Waals surface area contributed by atoms with Gasteiger partial charge in [0.15, 0.2) is 0 Å². The fourth-order valence-electron chi connectivity index (χ4n) is 1.16. The van der Waals surface area contributed by atoms with Gasteiger partial charge in [-0.25, -0.2) is 0 Å². The van der Waals surface area contributed by atoms with Gasteiger partial charge in [-0.05, 0) is 23.8 Å². The molecule has 0 fully saturated rings. The van der Waals surface area contributed by atoms with Crippen molar-refractivity contribution in [1.29, 1.82) is 0 Å². The molecule has 2 heteroatoms. The van der Waals surface area contributed by atoms with Crippen molar-refractivity contribution >= 4 is 18.0 Å². The summed E-state index contributed by atoms with van der Waals surface area (Å²) in [6, 6.07) is 8.20. The Balaban J connectivity index is 2.68. The van der Waals surface area contributed by atoms with E-state index in [1.807, 2.05) is 38.4 Å².